The molecule has 1 amide bonds. The lowest BCUT2D eigenvalue weighted by atomic mass is 9.81. The summed E-state index contributed by atoms with van der Waals surface area (Å²) >= 11 is 0. The third kappa shape index (κ3) is 2.18. The predicted molar refractivity (Wildman–Crippen MR) is 113 cm³/mol. The monoisotopic (exact) mass is 433 g/mol. The van der Waals surface area contributed by atoms with Crippen LogP contribution in [0.25, 0.3) is 11.1 Å². The van der Waals surface area contributed by atoms with Gasteiger partial charge in [0.2, 0.25) is 0 Å². The highest BCUT2D eigenvalue weighted by atomic mass is 16.5. The third-order valence-electron chi connectivity index (χ3n) is 8.31. The largest absolute Gasteiger partial charge is 0.481 e. The second-order valence-electron chi connectivity index (χ2n) is 9.60. The summed E-state index contributed by atoms with van der Waals surface area (Å²) in [6.45, 7) is 0. The molecule has 0 radical (unpaired) electrons. The van der Waals surface area contributed by atoms with E-state index >= 15 is 0 Å². The summed E-state index contributed by atoms with van der Waals surface area (Å²) in [7, 11) is 1.25. The Labute approximate surface area is 184 Å². The van der Waals surface area contributed by atoms with Crippen molar-refractivity contribution >= 4 is 18.0 Å². The molecular weight excluding hydrogens is 410 g/mol. The third-order valence-corrected chi connectivity index (χ3v) is 8.31. The first-order valence-electron chi connectivity index (χ1n) is 10.9. The number of ether oxygens (including phenoxy) is 1. The van der Waals surface area contributed by atoms with Gasteiger partial charge in [-0.15, -0.1) is 0 Å². The van der Waals surface area contributed by atoms with E-state index in [1.54, 1.807) is 0 Å². The summed E-state index contributed by atoms with van der Waals surface area (Å²) in [5.74, 6) is -3.71. The van der Waals surface area contributed by atoms with Gasteiger partial charge in [-0.1, -0.05) is 48.5 Å². The van der Waals surface area contributed by atoms with Crippen molar-refractivity contribution in [1.82, 2.24) is 4.90 Å². The molecule has 4 atom stereocenters. The number of fused-ring (bicyclic) bond motifs is 5. The van der Waals surface area contributed by atoms with Gasteiger partial charge >= 0.3 is 18.0 Å². The van der Waals surface area contributed by atoms with E-state index in [0.29, 0.717) is 0 Å². The molecule has 164 valence electrons. The number of carbonyl (C=O) groups excluding carboxylic acids is 1. The fourth-order valence-electron chi connectivity index (χ4n) is 6.99. The number of methoxy groups -OCH3 is 1. The van der Waals surface area contributed by atoms with Gasteiger partial charge in [-0.05, 0) is 52.8 Å². The van der Waals surface area contributed by atoms with Gasteiger partial charge in [0.05, 0.1) is 19.1 Å². The standard InChI is InChI=1S/C25H23NO6/c1-32-23(31)26(20-15-8-4-2-6-13(15)14-7-3-5-9-16(14)20)25(22(29)30)12-24(10-11-24)18-17(19(18)25)21(27)28/h2-9,17-20H,10-12H2,1H3,(H,27,28)(H,29,30)/t17-,18-,19+,25-/m0/s1. The van der Waals surface area contributed by atoms with Gasteiger partial charge in [0, 0.05) is 5.92 Å². The molecule has 7 heteroatoms. The lowest BCUT2D eigenvalue weighted by molar-refractivity contribution is -0.155. The summed E-state index contributed by atoms with van der Waals surface area (Å²) < 4.78 is 5.17. The molecule has 2 aromatic carbocycles. The predicted octanol–water partition coefficient (Wildman–Crippen LogP) is 3.78. The fourth-order valence-corrected chi connectivity index (χ4v) is 6.99. The van der Waals surface area contributed by atoms with Gasteiger partial charge in [-0.2, -0.15) is 0 Å². The Balaban J connectivity index is 1.58. The van der Waals surface area contributed by atoms with E-state index in [-0.39, 0.29) is 17.8 Å². The highest BCUT2D eigenvalue weighted by Crippen LogP contribution is 2.80. The van der Waals surface area contributed by atoms with Gasteiger partial charge < -0.3 is 14.9 Å². The zero-order valence-corrected chi connectivity index (χ0v) is 17.5. The highest BCUT2D eigenvalue weighted by molar-refractivity contribution is 5.91. The molecule has 0 saturated heterocycles. The van der Waals surface area contributed by atoms with Crippen LogP contribution in [0, 0.1) is 23.2 Å². The Morgan fingerprint density at radius 1 is 0.938 bits per heavy atom. The first-order valence-corrected chi connectivity index (χ1v) is 10.9. The zero-order chi connectivity index (χ0) is 22.4. The molecular formula is C25H23NO6. The van der Waals surface area contributed by atoms with E-state index in [0.717, 1.165) is 35.1 Å². The van der Waals surface area contributed by atoms with Crippen molar-refractivity contribution in [3.05, 3.63) is 59.7 Å². The highest BCUT2D eigenvalue weighted by Gasteiger charge is 2.84. The first-order chi connectivity index (χ1) is 15.4. The fraction of sp³-hybridized carbons (Fsp3) is 0.400. The Hall–Kier alpha value is -3.35. The van der Waals surface area contributed by atoms with Crippen molar-refractivity contribution in [1.29, 1.82) is 0 Å². The van der Waals surface area contributed by atoms with Crippen molar-refractivity contribution in [2.75, 3.05) is 7.11 Å². The van der Waals surface area contributed by atoms with Crippen LogP contribution >= 0.6 is 0 Å². The van der Waals surface area contributed by atoms with E-state index in [2.05, 4.69) is 0 Å². The first kappa shape index (κ1) is 19.3. The molecule has 0 bridgehead atoms. The topological polar surface area (TPSA) is 104 Å². The van der Waals surface area contributed by atoms with Crippen LogP contribution in [-0.2, 0) is 14.3 Å². The molecule has 3 fully saturated rings. The maximum absolute atomic E-state index is 13.4. The molecule has 32 heavy (non-hydrogen) atoms. The molecule has 0 heterocycles. The maximum Gasteiger partial charge on any atom is 0.411 e. The smallest absolute Gasteiger partial charge is 0.411 e. The molecule has 3 saturated carbocycles. The van der Waals surface area contributed by atoms with Gasteiger partial charge in [0.1, 0.15) is 5.54 Å². The second-order valence-corrected chi connectivity index (χ2v) is 9.60. The molecule has 6 rings (SSSR count). The molecule has 1 spiro atoms. The summed E-state index contributed by atoms with van der Waals surface area (Å²) in [6.07, 6.45) is 1.14. The van der Waals surface area contributed by atoms with Crippen molar-refractivity contribution in [2.24, 2.45) is 23.2 Å². The van der Waals surface area contributed by atoms with Crippen LogP contribution in [0.5, 0.6) is 0 Å². The number of rotatable bonds is 4. The molecule has 0 aliphatic heterocycles. The number of benzene rings is 2. The summed E-state index contributed by atoms with van der Waals surface area (Å²) in [6, 6.07) is 14.7. The van der Waals surface area contributed by atoms with Crippen LogP contribution in [0.1, 0.15) is 36.4 Å². The van der Waals surface area contributed by atoms with E-state index in [1.807, 2.05) is 48.5 Å². The van der Waals surface area contributed by atoms with Crippen LogP contribution in [0.2, 0.25) is 0 Å². The van der Waals surface area contributed by atoms with Crippen LogP contribution in [0.3, 0.4) is 0 Å². The Morgan fingerprint density at radius 3 is 1.97 bits per heavy atom. The van der Waals surface area contributed by atoms with Gasteiger partial charge in [0.25, 0.3) is 0 Å². The minimum Gasteiger partial charge on any atom is -0.481 e. The maximum atomic E-state index is 13.4. The number of hydrogen-bond acceptors (Lipinski definition) is 4. The number of carboxylic acids is 2. The molecule has 7 nitrogen and oxygen atoms in total. The summed E-state index contributed by atoms with van der Waals surface area (Å²) in [5, 5.41) is 20.5. The number of nitrogens with zero attached hydrogens (tertiary/aromatic N) is 1. The molecule has 2 aromatic rings. The van der Waals surface area contributed by atoms with E-state index in [4.69, 9.17) is 4.74 Å². The van der Waals surface area contributed by atoms with Crippen LogP contribution in [-0.4, -0.2) is 45.8 Å². The average molecular weight is 433 g/mol. The van der Waals surface area contributed by atoms with Gasteiger partial charge in [0.15, 0.2) is 0 Å². The summed E-state index contributed by atoms with van der Waals surface area (Å²) in [4.78, 5) is 39.8. The number of amides is 1. The van der Waals surface area contributed by atoms with Gasteiger partial charge in [-0.25, -0.2) is 9.59 Å². The molecule has 2 N–H and O–H groups in total. The molecule has 4 aliphatic carbocycles. The Bertz CT molecular complexity index is 1140. The molecule has 0 aromatic heterocycles. The molecule has 4 aliphatic rings. The number of aliphatic carboxylic acids is 2. The number of carboxylic acid groups (broad SMARTS) is 2. The van der Waals surface area contributed by atoms with Crippen LogP contribution < -0.4 is 0 Å². The summed E-state index contributed by atoms with van der Waals surface area (Å²) in [5.41, 5.74) is 1.62. The minimum atomic E-state index is -1.63. The van der Waals surface area contributed by atoms with Crippen molar-refractivity contribution in [3.8, 4) is 11.1 Å². The minimum absolute atomic E-state index is 0.213. The number of hydrogen-bond donors (Lipinski definition) is 2. The van der Waals surface area contributed by atoms with E-state index in [9.17, 15) is 24.6 Å². The normalized spacial score (nSPS) is 30.2. The van der Waals surface area contributed by atoms with Crippen LogP contribution in [0.15, 0.2) is 48.5 Å². The Morgan fingerprint density at radius 2 is 1.50 bits per heavy atom. The second kappa shape index (κ2) is 6.12. The van der Waals surface area contributed by atoms with E-state index in [1.165, 1.54) is 12.0 Å². The SMILES string of the molecule is COC(=O)N(C1c2ccccc2-c2ccccc21)[C@@]1(C(=O)O)CC2(CC2)[C@H]2[C@H](C(=O)O)[C@H]21. The van der Waals surface area contributed by atoms with E-state index < -0.39 is 41.4 Å². The molecule has 0 unspecified atom stereocenters. The Kier molecular flexibility index (Phi) is 3.70. The van der Waals surface area contributed by atoms with Crippen LogP contribution in [0.4, 0.5) is 4.79 Å². The quantitative estimate of drug-likeness (QED) is 0.761. The van der Waals surface area contributed by atoms with Crippen molar-refractivity contribution < 1.29 is 29.3 Å². The average Bonchev–Trinajstić information content (AvgIpc) is 3.67. The van der Waals surface area contributed by atoms with Crippen molar-refractivity contribution in [2.45, 2.75) is 30.8 Å². The lowest BCUT2D eigenvalue weighted by Crippen LogP contribution is -2.60. The van der Waals surface area contributed by atoms with Crippen molar-refractivity contribution in [3.63, 3.8) is 0 Å². The number of carbonyl (C=O) groups is 3. The lowest BCUT2D eigenvalue weighted by Gasteiger charge is -2.43. The zero-order valence-electron chi connectivity index (χ0n) is 17.5. The van der Waals surface area contributed by atoms with Gasteiger partial charge in [-0.3, -0.25) is 9.69 Å².